The Hall–Kier alpha value is -0.160. The lowest BCUT2D eigenvalue weighted by atomic mass is 9.93. The topological polar surface area (TPSA) is 41.7 Å². The Morgan fingerprint density at radius 1 is 1.32 bits per heavy atom. The SMILES string of the molecule is COCCN(C1CC1)C1(CN)CC(C)N(C2CC2)C1. The summed E-state index contributed by atoms with van der Waals surface area (Å²) in [5.41, 5.74) is 6.45. The standard InChI is InChI=1S/C15H29N3O/c1-12-9-15(10-16,11-17(12)13-3-4-13)18(7-8-19-2)14-5-6-14/h12-14H,3-11,16H2,1-2H3. The van der Waals surface area contributed by atoms with Crippen LogP contribution >= 0.6 is 0 Å². The average molecular weight is 267 g/mol. The van der Waals surface area contributed by atoms with Gasteiger partial charge in [0.15, 0.2) is 0 Å². The number of methoxy groups -OCH3 is 1. The molecule has 3 rings (SSSR count). The van der Waals surface area contributed by atoms with E-state index in [-0.39, 0.29) is 5.54 Å². The van der Waals surface area contributed by atoms with Crippen molar-refractivity contribution in [1.29, 1.82) is 0 Å². The zero-order valence-electron chi connectivity index (χ0n) is 12.5. The minimum atomic E-state index is 0.210. The lowest BCUT2D eigenvalue weighted by molar-refractivity contribution is 0.0562. The van der Waals surface area contributed by atoms with Crippen LogP contribution in [0.5, 0.6) is 0 Å². The zero-order valence-corrected chi connectivity index (χ0v) is 12.5. The monoisotopic (exact) mass is 267 g/mol. The van der Waals surface area contributed by atoms with Crippen LogP contribution in [0.15, 0.2) is 0 Å². The summed E-state index contributed by atoms with van der Waals surface area (Å²) >= 11 is 0. The summed E-state index contributed by atoms with van der Waals surface area (Å²) in [6.07, 6.45) is 6.73. The predicted molar refractivity (Wildman–Crippen MR) is 77.2 cm³/mol. The molecule has 1 heterocycles. The van der Waals surface area contributed by atoms with Crippen LogP contribution < -0.4 is 5.73 Å². The number of ether oxygens (including phenoxy) is 1. The summed E-state index contributed by atoms with van der Waals surface area (Å²) in [5, 5.41) is 0. The first-order chi connectivity index (χ1) is 9.20. The van der Waals surface area contributed by atoms with Crippen LogP contribution in [-0.2, 0) is 4.74 Å². The highest BCUT2D eigenvalue weighted by atomic mass is 16.5. The molecule has 0 aromatic carbocycles. The fraction of sp³-hybridized carbons (Fsp3) is 1.00. The molecule has 110 valence electrons. The molecule has 4 heteroatoms. The summed E-state index contributed by atoms with van der Waals surface area (Å²) in [6, 6.07) is 2.32. The van der Waals surface area contributed by atoms with E-state index in [1.54, 1.807) is 7.11 Å². The fourth-order valence-electron chi connectivity index (χ4n) is 3.98. The Bertz CT molecular complexity index is 317. The van der Waals surface area contributed by atoms with Crippen LogP contribution in [0, 0.1) is 0 Å². The highest BCUT2D eigenvalue weighted by Crippen LogP contribution is 2.43. The predicted octanol–water partition coefficient (Wildman–Crippen LogP) is 1.05. The van der Waals surface area contributed by atoms with E-state index in [4.69, 9.17) is 10.5 Å². The van der Waals surface area contributed by atoms with Gasteiger partial charge in [-0.1, -0.05) is 0 Å². The van der Waals surface area contributed by atoms with Crippen molar-refractivity contribution >= 4 is 0 Å². The van der Waals surface area contributed by atoms with Gasteiger partial charge in [0.05, 0.1) is 6.61 Å². The van der Waals surface area contributed by atoms with Crippen LogP contribution in [-0.4, -0.2) is 66.8 Å². The van der Waals surface area contributed by atoms with E-state index in [0.717, 1.165) is 31.8 Å². The summed E-state index contributed by atoms with van der Waals surface area (Å²) in [5.74, 6) is 0. The molecule has 2 atom stereocenters. The molecule has 3 fully saturated rings. The minimum Gasteiger partial charge on any atom is -0.383 e. The molecule has 4 nitrogen and oxygen atoms in total. The van der Waals surface area contributed by atoms with Crippen molar-refractivity contribution < 1.29 is 4.74 Å². The van der Waals surface area contributed by atoms with Crippen molar-refractivity contribution in [1.82, 2.24) is 9.80 Å². The van der Waals surface area contributed by atoms with Gasteiger partial charge in [-0.25, -0.2) is 0 Å². The Balaban J connectivity index is 1.73. The number of hydrogen-bond donors (Lipinski definition) is 1. The molecule has 19 heavy (non-hydrogen) atoms. The van der Waals surface area contributed by atoms with Crippen molar-refractivity contribution in [2.45, 2.75) is 62.7 Å². The quantitative estimate of drug-likeness (QED) is 0.749. The first kappa shape index (κ1) is 13.8. The maximum absolute atomic E-state index is 6.24. The van der Waals surface area contributed by atoms with Crippen LogP contribution in [0.1, 0.15) is 39.0 Å². The van der Waals surface area contributed by atoms with Gasteiger partial charge in [-0.2, -0.15) is 0 Å². The third-order valence-electron chi connectivity index (χ3n) is 5.25. The van der Waals surface area contributed by atoms with Gasteiger partial charge in [-0.3, -0.25) is 9.80 Å². The zero-order chi connectivity index (χ0) is 13.5. The minimum absolute atomic E-state index is 0.210. The van der Waals surface area contributed by atoms with Crippen molar-refractivity contribution in [2.24, 2.45) is 5.73 Å². The molecule has 2 N–H and O–H groups in total. The van der Waals surface area contributed by atoms with Gasteiger partial charge in [-0.15, -0.1) is 0 Å². The van der Waals surface area contributed by atoms with Gasteiger partial charge in [0.1, 0.15) is 0 Å². The molecular formula is C15H29N3O. The van der Waals surface area contributed by atoms with E-state index >= 15 is 0 Å². The molecule has 3 aliphatic rings. The van der Waals surface area contributed by atoms with E-state index in [1.807, 2.05) is 0 Å². The van der Waals surface area contributed by atoms with Crippen LogP contribution in [0.4, 0.5) is 0 Å². The van der Waals surface area contributed by atoms with Crippen molar-refractivity contribution in [3.05, 3.63) is 0 Å². The van der Waals surface area contributed by atoms with Crippen LogP contribution in [0.3, 0.4) is 0 Å². The molecule has 2 saturated carbocycles. The first-order valence-electron chi connectivity index (χ1n) is 7.92. The largest absolute Gasteiger partial charge is 0.383 e. The van der Waals surface area contributed by atoms with Gasteiger partial charge in [0.2, 0.25) is 0 Å². The van der Waals surface area contributed by atoms with Crippen LogP contribution in [0.25, 0.3) is 0 Å². The van der Waals surface area contributed by atoms with Gasteiger partial charge < -0.3 is 10.5 Å². The normalized spacial score (nSPS) is 36.3. The van der Waals surface area contributed by atoms with E-state index in [1.165, 1.54) is 38.6 Å². The van der Waals surface area contributed by atoms with Gasteiger partial charge in [0, 0.05) is 50.4 Å². The Labute approximate surface area is 117 Å². The molecular weight excluding hydrogens is 238 g/mol. The third kappa shape index (κ3) is 2.68. The number of hydrogen-bond acceptors (Lipinski definition) is 4. The molecule has 0 spiro atoms. The summed E-state index contributed by atoms with van der Waals surface area (Å²) in [7, 11) is 1.80. The molecule has 0 aromatic heterocycles. The van der Waals surface area contributed by atoms with E-state index < -0.39 is 0 Å². The molecule has 0 aromatic rings. The average Bonchev–Trinajstić information content (AvgIpc) is 3.29. The highest BCUT2D eigenvalue weighted by Gasteiger charge is 2.52. The maximum Gasteiger partial charge on any atom is 0.0590 e. The number of likely N-dealkylation sites (tertiary alicyclic amines) is 1. The van der Waals surface area contributed by atoms with Crippen molar-refractivity contribution in [3.63, 3.8) is 0 Å². The van der Waals surface area contributed by atoms with E-state index in [2.05, 4.69) is 16.7 Å². The lowest BCUT2D eigenvalue weighted by Crippen LogP contribution is -2.57. The second kappa shape index (κ2) is 5.32. The highest BCUT2D eigenvalue weighted by molar-refractivity contribution is 5.09. The third-order valence-corrected chi connectivity index (χ3v) is 5.25. The van der Waals surface area contributed by atoms with Gasteiger partial charge >= 0.3 is 0 Å². The molecule has 0 bridgehead atoms. The van der Waals surface area contributed by atoms with Crippen molar-refractivity contribution in [3.8, 4) is 0 Å². The molecule has 0 radical (unpaired) electrons. The summed E-state index contributed by atoms with van der Waals surface area (Å²) < 4.78 is 5.32. The van der Waals surface area contributed by atoms with Crippen molar-refractivity contribution in [2.75, 3.05) is 33.4 Å². The number of nitrogens with two attached hydrogens (primary N) is 1. The van der Waals surface area contributed by atoms with E-state index in [0.29, 0.717) is 6.04 Å². The number of rotatable bonds is 7. The molecule has 1 saturated heterocycles. The lowest BCUT2D eigenvalue weighted by Gasteiger charge is -2.41. The fourth-order valence-corrected chi connectivity index (χ4v) is 3.98. The Kier molecular flexibility index (Phi) is 3.87. The second-order valence-electron chi connectivity index (χ2n) is 6.80. The second-order valence-corrected chi connectivity index (χ2v) is 6.80. The summed E-state index contributed by atoms with van der Waals surface area (Å²) in [4.78, 5) is 5.41. The molecule has 2 aliphatic carbocycles. The maximum atomic E-state index is 6.24. The Morgan fingerprint density at radius 3 is 2.58 bits per heavy atom. The van der Waals surface area contributed by atoms with Gasteiger partial charge in [-0.05, 0) is 39.0 Å². The Morgan fingerprint density at radius 2 is 2.05 bits per heavy atom. The number of nitrogens with zero attached hydrogens (tertiary/aromatic N) is 2. The van der Waals surface area contributed by atoms with Gasteiger partial charge in [0.25, 0.3) is 0 Å². The smallest absolute Gasteiger partial charge is 0.0590 e. The summed E-state index contributed by atoms with van der Waals surface area (Å²) in [6.45, 7) is 6.23. The molecule has 2 unspecified atom stereocenters. The molecule has 0 amide bonds. The van der Waals surface area contributed by atoms with E-state index in [9.17, 15) is 0 Å². The molecule has 1 aliphatic heterocycles. The van der Waals surface area contributed by atoms with Crippen LogP contribution in [0.2, 0.25) is 0 Å². The first-order valence-corrected chi connectivity index (χ1v) is 7.92.